The third-order valence-corrected chi connectivity index (χ3v) is 0.800. The highest BCUT2D eigenvalue weighted by molar-refractivity contribution is 5.35. The van der Waals surface area contributed by atoms with Crippen molar-refractivity contribution < 1.29 is 11.0 Å². The number of hydrogen-bond donors (Lipinski definition) is 1. The third kappa shape index (κ3) is 3.52. The van der Waals surface area contributed by atoms with E-state index in [2.05, 4.69) is 0 Å². The fraction of sp³-hybridized carbons (Fsp3) is 0. The summed E-state index contributed by atoms with van der Waals surface area (Å²) in [5.41, 5.74) is 6.18. The van der Waals surface area contributed by atoms with Crippen molar-refractivity contribution >= 4 is 5.69 Å². The summed E-state index contributed by atoms with van der Waals surface area (Å²) in [5.74, 6) is 0. The number of nitrogens with two attached hydrogens (primary N) is 1. The van der Waals surface area contributed by atoms with Crippen molar-refractivity contribution in [3.05, 3.63) is 30.3 Å². The Morgan fingerprint density at radius 1 is 0.889 bits per heavy atom. The predicted molar refractivity (Wildman–Crippen MR) is 38.1 cm³/mol. The van der Waals surface area contributed by atoms with Gasteiger partial charge in [0.2, 0.25) is 0 Å². The Morgan fingerprint density at radius 2 is 1.33 bits per heavy atom. The van der Waals surface area contributed by atoms with Crippen LogP contribution in [-0.4, -0.2) is 11.0 Å². The molecule has 0 radical (unpaired) electrons. The highest BCUT2D eigenvalue weighted by Crippen LogP contribution is 1.95. The van der Waals surface area contributed by atoms with Crippen LogP contribution in [0.2, 0.25) is 0 Å². The van der Waals surface area contributed by atoms with Gasteiger partial charge in [-0.1, -0.05) is 18.2 Å². The smallest absolute Gasteiger partial charge is 0.0313 e. The van der Waals surface area contributed by atoms with E-state index in [9.17, 15) is 0 Å². The van der Waals surface area contributed by atoms with Crippen LogP contribution in [0, 0.1) is 0 Å². The van der Waals surface area contributed by atoms with Crippen LogP contribution in [-0.2, 0) is 0 Å². The zero-order valence-corrected chi connectivity index (χ0v) is 4.96. The molecule has 3 nitrogen and oxygen atoms in total. The average Bonchev–Trinajstić information content (AvgIpc) is 1.69. The molecular weight excluding hydrogens is 118 g/mol. The van der Waals surface area contributed by atoms with Gasteiger partial charge in [0.15, 0.2) is 0 Å². The highest BCUT2D eigenvalue weighted by atomic mass is 16.0. The molecule has 1 rings (SSSR count). The van der Waals surface area contributed by atoms with Gasteiger partial charge in [0.25, 0.3) is 0 Å². The second-order valence-corrected chi connectivity index (χ2v) is 1.41. The van der Waals surface area contributed by atoms with Crippen LogP contribution in [0.1, 0.15) is 0 Å². The molecule has 9 heavy (non-hydrogen) atoms. The molecule has 6 N–H and O–H groups in total. The number of benzene rings is 1. The number of rotatable bonds is 0. The molecule has 0 heterocycles. The van der Waals surface area contributed by atoms with E-state index in [1.165, 1.54) is 0 Å². The van der Waals surface area contributed by atoms with Gasteiger partial charge in [-0.15, -0.1) is 0 Å². The molecule has 0 atom stereocenters. The maximum Gasteiger partial charge on any atom is 0.0313 e. The summed E-state index contributed by atoms with van der Waals surface area (Å²) >= 11 is 0. The number of nitrogen functional groups attached to an aromatic ring is 1. The minimum absolute atomic E-state index is 0. The Kier molecular flexibility index (Phi) is 6.12. The van der Waals surface area contributed by atoms with E-state index in [-0.39, 0.29) is 11.0 Å². The molecule has 0 saturated heterocycles. The van der Waals surface area contributed by atoms with Crippen LogP contribution in [0.5, 0.6) is 0 Å². The molecule has 3 heteroatoms. The standard InChI is InChI=1S/C6H7N.2H2O/c7-6-4-2-1-3-5-6;;/h1-5H,7H2;2*1H2. The number of anilines is 1. The van der Waals surface area contributed by atoms with E-state index >= 15 is 0 Å². The average molecular weight is 129 g/mol. The Hall–Kier alpha value is -1.06. The molecule has 0 unspecified atom stereocenters. The first-order valence-corrected chi connectivity index (χ1v) is 2.20. The molecule has 0 fully saturated rings. The van der Waals surface area contributed by atoms with E-state index in [4.69, 9.17) is 5.73 Å². The summed E-state index contributed by atoms with van der Waals surface area (Å²) in [7, 11) is 0. The molecule has 0 bridgehead atoms. The van der Waals surface area contributed by atoms with Crippen molar-refractivity contribution in [1.82, 2.24) is 0 Å². The Labute approximate surface area is 53.7 Å². The topological polar surface area (TPSA) is 89.0 Å². The minimum Gasteiger partial charge on any atom is -0.412 e. The molecule has 0 spiro atoms. The fourth-order valence-corrected chi connectivity index (χ4v) is 0.453. The van der Waals surface area contributed by atoms with Gasteiger partial charge in [0, 0.05) is 5.69 Å². The lowest BCUT2D eigenvalue weighted by atomic mass is 10.3. The van der Waals surface area contributed by atoms with Crippen LogP contribution in [0.15, 0.2) is 30.3 Å². The summed E-state index contributed by atoms with van der Waals surface area (Å²) in [4.78, 5) is 0. The zero-order valence-electron chi connectivity index (χ0n) is 4.96. The first-order chi connectivity index (χ1) is 3.39. The van der Waals surface area contributed by atoms with E-state index in [1.54, 1.807) is 0 Å². The van der Waals surface area contributed by atoms with E-state index in [0.29, 0.717) is 0 Å². The summed E-state index contributed by atoms with van der Waals surface area (Å²) in [6, 6.07) is 9.49. The quantitative estimate of drug-likeness (QED) is 0.475. The van der Waals surface area contributed by atoms with Crippen molar-refractivity contribution in [1.29, 1.82) is 0 Å². The first-order valence-electron chi connectivity index (χ1n) is 2.20. The molecule has 1 aromatic rings. The molecule has 1 aromatic carbocycles. The third-order valence-electron chi connectivity index (χ3n) is 0.800. The Balaban J connectivity index is 0. The Morgan fingerprint density at radius 3 is 1.56 bits per heavy atom. The molecule has 0 amide bonds. The van der Waals surface area contributed by atoms with E-state index in [1.807, 2.05) is 30.3 Å². The lowest BCUT2D eigenvalue weighted by molar-refractivity contribution is 0.823. The Bertz CT molecular complexity index is 141. The number of hydrogen-bond acceptors (Lipinski definition) is 1. The van der Waals surface area contributed by atoms with Gasteiger partial charge >= 0.3 is 0 Å². The van der Waals surface area contributed by atoms with Crippen LogP contribution >= 0.6 is 0 Å². The maximum absolute atomic E-state index is 5.36. The van der Waals surface area contributed by atoms with Gasteiger partial charge in [-0.2, -0.15) is 0 Å². The largest absolute Gasteiger partial charge is 0.412 e. The van der Waals surface area contributed by atoms with Crippen molar-refractivity contribution in [2.24, 2.45) is 0 Å². The number of para-hydroxylation sites is 1. The van der Waals surface area contributed by atoms with Crippen LogP contribution in [0.25, 0.3) is 0 Å². The molecule has 0 aromatic heterocycles. The molecule has 0 saturated carbocycles. The van der Waals surface area contributed by atoms with Crippen molar-refractivity contribution in [2.45, 2.75) is 0 Å². The van der Waals surface area contributed by atoms with Gasteiger partial charge < -0.3 is 16.7 Å². The summed E-state index contributed by atoms with van der Waals surface area (Å²) in [6.45, 7) is 0. The summed E-state index contributed by atoms with van der Waals surface area (Å²) < 4.78 is 0. The van der Waals surface area contributed by atoms with Crippen molar-refractivity contribution in [2.75, 3.05) is 5.73 Å². The van der Waals surface area contributed by atoms with Crippen molar-refractivity contribution in [3.63, 3.8) is 0 Å². The summed E-state index contributed by atoms with van der Waals surface area (Å²) in [6.07, 6.45) is 0. The van der Waals surface area contributed by atoms with Crippen LogP contribution in [0.4, 0.5) is 5.69 Å². The molecule has 0 aliphatic carbocycles. The second-order valence-electron chi connectivity index (χ2n) is 1.41. The van der Waals surface area contributed by atoms with Gasteiger partial charge in [-0.3, -0.25) is 0 Å². The van der Waals surface area contributed by atoms with Gasteiger partial charge in [-0.25, -0.2) is 0 Å². The minimum atomic E-state index is 0. The highest BCUT2D eigenvalue weighted by Gasteiger charge is 1.72. The van der Waals surface area contributed by atoms with Crippen molar-refractivity contribution in [3.8, 4) is 0 Å². The van der Waals surface area contributed by atoms with Crippen LogP contribution < -0.4 is 5.73 Å². The van der Waals surface area contributed by atoms with Gasteiger partial charge in [0.05, 0.1) is 0 Å². The SMILES string of the molecule is Nc1ccccc1.O.O. The van der Waals surface area contributed by atoms with E-state index < -0.39 is 0 Å². The van der Waals surface area contributed by atoms with Gasteiger partial charge in [-0.05, 0) is 12.1 Å². The predicted octanol–water partition coefficient (Wildman–Crippen LogP) is -0.381. The van der Waals surface area contributed by atoms with Crippen LogP contribution in [0.3, 0.4) is 0 Å². The molecule has 0 aliphatic heterocycles. The fourth-order valence-electron chi connectivity index (χ4n) is 0.453. The maximum atomic E-state index is 5.36. The monoisotopic (exact) mass is 129 g/mol. The molecular formula is C6H11NO2. The normalized spacial score (nSPS) is 6.67. The molecule has 52 valence electrons. The van der Waals surface area contributed by atoms with E-state index in [0.717, 1.165) is 5.69 Å². The lowest BCUT2D eigenvalue weighted by Gasteiger charge is -1.83. The lowest BCUT2D eigenvalue weighted by Crippen LogP contribution is -1.79. The second kappa shape index (κ2) is 5.08. The summed E-state index contributed by atoms with van der Waals surface area (Å²) in [5, 5.41) is 0. The van der Waals surface area contributed by atoms with Gasteiger partial charge in [0.1, 0.15) is 0 Å². The molecule has 0 aliphatic rings. The zero-order chi connectivity index (χ0) is 5.11. The first kappa shape index (κ1) is 10.8.